The highest BCUT2D eigenvalue weighted by molar-refractivity contribution is 6.29. The predicted octanol–water partition coefficient (Wildman–Crippen LogP) is 5.48. The number of carbonyl (C=O) groups excluding carboxylic acids is 1. The summed E-state index contributed by atoms with van der Waals surface area (Å²) >= 11 is 5.79. The van der Waals surface area contributed by atoms with E-state index >= 15 is 0 Å². The van der Waals surface area contributed by atoms with E-state index in [2.05, 4.69) is 46.6 Å². The Labute approximate surface area is 197 Å². The van der Waals surface area contributed by atoms with Crippen molar-refractivity contribution in [1.82, 2.24) is 15.0 Å². The number of aryl methyl sites for hydroxylation is 1. The van der Waals surface area contributed by atoms with Crippen LogP contribution in [-0.2, 0) is 0 Å². The van der Waals surface area contributed by atoms with E-state index in [0.717, 1.165) is 27.8 Å². The molecule has 0 aliphatic rings. The number of fused-ring (bicyclic) bond motifs is 1. The molecule has 2 aromatic heterocycles. The molecule has 168 valence electrons. The lowest BCUT2D eigenvalue weighted by molar-refractivity contribution is 0.102. The van der Waals surface area contributed by atoms with Gasteiger partial charge >= 0.3 is 0 Å². The summed E-state index contributed by atoms with van der Waals surface area (Å²) in [5, 5.41) is 7.73. The second-order valence-electron chi connectivity index (χ2n) is 8.10. The van der Waals surface area contributed by atoms with E-state index in [9.17, 15) is 4.79 Å². The van der Waals surface area contributed by atoms with Crippen LogP contribution < -0.4 is 15.5 Å². The van der Waals surface area contributed by atoms with Gasteiger partial charge < -0.3 is 15.5 Å². The van der Waals surface area contributed by atoms with Crippen molar-refractivity contribution in [3.63, 3.8) is 0 Å². The second-order valence-corrected chi connectivity index (χ2v) is 8.49. The van der Waals surface area contributed by atoms with Crippen LogP contribution in [0.4, 0.5) is 17.5 Å². The highest BCUT2D eigenvalue weighted by atomic mass is 35.5. The monoisotopic (exact) mass is 460 g/mol. The molecule has 1 amide bonds. The van der Waals surface area contributed by atoms with Crippen molar-refractivity contribution in [2.45, 2.75) is 19.9 Å². The number of nitrogens with zero attached hydrogens (tertiary/aromatic N) is 4. The molecule has 0 aliphatic carbocycles. The van der Waals surface area contributed by atoms with E-state index in [0.29, 0.717) is 22.4 Å². The Bertz CT molecular complexity index is 1290. The van der Waals surface area contributed by atoms with Crippen molar-refractivity contribution in [1.29, 1.82) is 0 Å². The first-order chi connectivity index (χ1) is 15.8. The molecular weight excluding hydrogens is 436 g/mol. The summed E-state index contributed by atoms with van der Waals surface area (Å²) in [5.41, 5.74) is 4.25. The van der Waals surface area contributed by atoms with Crippen molar-refractivity contribution < 1.29 is 4.79 Å². The van der Waals surface area contributed by atoms with Crippen LogP contribution in [0.3, 0.4) is 0 Å². The van der Waals surface area contributed by atoms with Crippen molar-refractivity contribution >= 4 is 45.9 Å². The Hall–Kier alpha value is -3.71. The zero-order valence-corrected chi connectivity index (χ0v) is 19.7. The van der Waals surface area contributed by atoms with Gasteiger partial charge in [-0.3, -0.25) is 4.79 Å². The van der Waals surface area contributed by atoms with Gasteiger partial charge in [-0.2, -0.15) is 4.98 Å². The van der Waals surface area contributed by atoms with Crippen LogP contribution >= 0.6 is 11.6 Å². The third kappa shape index (κ3) is 5.21. The second kappa shape index (κ2) is 9.42. The Balaban J connectivity index is 1.52. The Kier molecular flexibility index (Phi) is 6.42. The first-order valence-electron chi connectivity index (χ1n) is 10.6. The lowest BCUT2D eigenvalue weighted by Gasteiger charge is -2.19. The number of benzene rings is 2. The quantitative estimate of drug-likeness (QED) is 0.371. The molecule has 2 aromatic carbocycles. The summed E-state index contributed by atoms with van der Waals surface area (Å²) in [5.74, 6) is 1.19. The molecule has 4 aromatic rings. The van der Waals surface area contributed by atoms with Gasteiger partial charge in [-0.05, 0) is 55.8 Å². The Morgan fingerprint density at radius 3 is 2.45 bits per heavy atom. The summed E-state index contributed by atoms with van der Waals surface area (Å²) in [7, 11) is 3.85. The van der Waals surface area contributed by atoms with Gasteiger partial charge in [0.05, 0.1) is 11.1 Å². The molecule has 7 nitrogen and oxygen atoms in total. The van der Waals surface area contributed by atoms with E-state index < -0.39 is 0 Å². The Morgan fingerprint density at radius 1 is 1.03 bits per heavy atom. The molecule has 2 N–H and O–H groups in total. The standard InChI is InChI=1S/C25H25ClN6O/c1-15-5-11-21-20(13-15)23(31-25(30-21)32(3)4)28-16(2)17-6-9-19(10-7-17)29-24(33)18-8-12-22(26)27-14-18/h5-14,16H,1-4H3,(H,29,33)(H,28,30,31)/t16-/m0/s1. The maximum Gasteiger partial charge on any atom is 0.257 e. The smallest absolute Gasteiger partial charge is 0.257 e. The first-order valence-corrected chi connectivity index (χ1v) is 10.9. The number of amides is 1. The number of anilines is 3. The third-order valence-electron chi connectivity index (χ3n) is 5.25. The van der Waals surface area contributed by atoms with Crippen LogP contribution in [-0.4, -0.2) is 35.0 Å². The molecule has 0 radical (unpaired) electrons. The van der Waals surface area contributed by atoms with Gasteiger partial charge in [0.2, 0.25) is 5.95 Å². The fourth-order valence-corrected chi connectivity index (χ4v) is 3.51. The molecule has 2 heterocycles. The number of nitrogens with one attached hydrogen (secondary N) is 2. The molecule has 0 bridgehead atoms. The van der Waals surface area contributed by atoms with Gasteiger partial charge in [0.1, 0.15) is 11.0 Å². The summed E-state index contributed by atoms with van der Waals surface area (Å²) < 4.78 is 0. The van der Waals surface area contributed by atoms with E-state index in [-0.39, 0.29) is 11.9 Å². The molecule has 0 aliphatic heterocycles. The third-order valence-corrected chi connectivity index (χ3v) is 5.47. The molecule has 0 saturated carbocycles. The maximum atomic E-state index is 12.4. The van der Waals surface area contributed by atoms with Gasteiger partial charge in [0.25, 0.3) is 5.91 Å². The summed E-state index contributed by atoms with van der Waals surface area (Å²) in [6, 6.07) is 17.1. The number of rotatable bonds is 6. The van der Waals surface area contributed by atoms with E-state index in [4.69, 9.17) is 16.6 Å². The maximum absolute atomic E-state index is 12.4. The number of aromatic nitrogens is 3. The molecule has 4 rings (SSSR count). The van der Waals surface area contributed by atoms with Crippen LogP contribution in [0.1, 0.15) is 34.5 Å². The van der Waals surface area contributed by atoms with Crippen LogP contribution in [0.5, 0.6) is 0 Å². The first kappa shape index (κ1) is 22.5. The minimum absolute atomic E-state index is 0.0103. The highest BCUT2D eigenvalue weighted by Crippen LogP contribution is 2.28. The lowest BCUT2D eigenvalue weighted by Crippen LogP contribution is -2.16. The van der Waals surface area contributed by atoms with E-state index in [1.165, 1.54) is 6.20 Å². The lowest BCUT2D eigenvalue weighted by atomic mass is 10.1. The average molecular weight is 461 g/mol. The van der Waals surface area contributed by atoms with Crippen molar-refractivity contribution in [2.24, 2.45) is 0 Å². The van der Waals surface area contributed by atoms with Crippen LogP contribution in [0.2, 0.25) is 5.15 Å². The molecule has 0 unspecified atom stereocenters. The molecule has 0 spiro atoms. The summed E-state index contributed by atoms with van der Waals surface area (Å²) in [4.78, 5) is 27.6. The topological polar surface area (TPSA) is 83.0 Å². The minimum Gasteiger partial charge on any atom is -0.363 e. The van der Waals surface area contributed by atoms with E-state index in [1.54, 1.807) is 12.1 Å². The SMILES string of the molecule is Cc1ccc2nc(N(C)C)nc(N[C@@H](C)c3ccc(NC(=O)c4ccc(Cl)nc4)cc3)c2c1. The van der Waals surface area contributed by atoms with Crippen molar-refractivity contribution in [2.75, 3.05) is 29.6 Å². The van der Waals surface area contributed by atoms with Crippen LogP contribution in [0.15, 0.2) is 60.8 Å². The molecule has 8 heteroatoms. The van der Waals surface area contributed by atoms with Crippen molar-refractivity contribution in [3.8, 4) is 0 Å². The number of pyridine rings is 1. The van der Waals surface area contributed by atoms with Gasteiger partial charge in [0.15, 0.2) is 0 Å². The fourth-order valence-electron chi connectivity index (χ4n) is 3.40. The zero-order valence-electron chi connectivity index (χ0n) is 18.9. The minimum atomic E-state index is -0.239. The molecule has 33 heavy (non-hydrogen) atoms. The van der Waals surface area contributed by atoms with Crippen LogP contribution in [0.25, 0.3) is 10.9 Å². The van der Waals surface area contributed by atoms with E-state index in [1.807, 2.05) is 49.3 Å². The number of hydrogen-bond acceptors (Lipinski definition) is 6. The molecule has 0 fully saturated rings. The average Bonchev–Trinajstić information content (AvgIpc) is 2.80. The zero-order chi connectivity index (χ0) is 23.5. The summed E-state index contributed by atoms with van der Waals surface area (Å²) in [6.07, 6.45) is 1.45. The molecule has 1 atom stereocenters. The van der Waals surface area contributed by atoms with Gasteiger partial charge in [0, 0.05) is 37.4 Å². The largest absolute Gasteiger partial charge is 0.363 e. The van der Waals surface area contributed by atoms with Gasteiger partial charge in [-0.15, -0.1) is 0 Å². The number of carbonyl (C=O) groups is 1. The van der Waals surface area contributed by atoms with Gasteiger partial charge in [-0.25, -0.2) is 9.97 Å². The number of halogens is 1. The molecule has 0 saturated heterocycles. The van der Waals surface area contributed by atoms with Gasteiger partial charge in [-0.1, -0.05) is 35.4 Å². The fraction of sp³-hybridized carbons (Fsp3) is 0.200. The van der Waals surface area contributed by atoms with Crippen LogP contribution in [0, 0.1) is 6.92 Å². The normalized spacial score (nSPS) is 11.8. The highest BCUT2D eigenvalue weighted by Gasteiger charge is 2.14. The predicted molar refractivity (Wildman–Crippen MR) is 134 cm³/mol. The summed E-state index contributed by atoms with van der Waals surface area (Å²) in [6.45, 7) is 4.13. The number of hydrogen-bond donors (Lipinski definition) is 2. The molecular formula is C25H25ClN6O. The van der Waals surface area contributed by atoms with Crippen molar-refractivity contribution in [3.05, 3.63) is 82.6 Å². The Morgan fingerprint density at radius 2 is 1.79 bits per heavy atom.